The van der Waals surface area contributed by atoms with Gasteiger partial charge in [0.25, 0.3) is 6.43 Å². The molecule has 0 saturated carbocycles. The molecule has 0 radical (unpaired) electrons. The number of hydrazine groups is 1. The maximum Gasteiger partial charge on any atom is 0.265 e. The largest absolute Gasteiger partial charge is 0.324 e. The number of hydrogen-bond donors (Lipinski definition) is 2. The highest BCUT2D eigenvalue weighted by atomic mass is 19.3. The van der Waals surface area contributed by atoms with Gasteiger partial charge in [-0.05, 0) is 18.2 Å². The van der Waals surface area contributed by atoms with Crippen LogP contribution in [0.5, 0.6) is 0 Å². The molecule has 0 aliphatic heterocycles. The fraction of sp³-hybridized carbons (Fsp3) is 0.143. The number of nitrogens with one attached hydrogen (secondary N) is 1. The lowest BCUT2D eigenvalue weighted by atomic mass is 10.2. The van der Waals surface area contributed by atoms with E-state index >= 15 is 0 Å². The summed E-state index contributed by atoms with van der Waals surface area (Å²) in [4.78, 5) is 0. The first-order valence-electron chi connectivity index (χ1n) is 3.19. The van der Waals surface area contributed by atoms with Crippen molar-refractivity contribution >= 4 is 5.69 Å². The third kappa shape index (κ3) is 1.68. The van der Waals surface area contributed by atoms with Gasteiger partial charge in [0.05, 0.1) is 5.69 Å². The van der Waals surface area contributed by atoms with Gasteiger partial charge in [0.2, 0.25) is 0 Å². The van der Waals surface area contributed by atoms with Crippen LogP contribution in [0.4, 0.5) is 18.9 Å². The van der Waals surface area contributed by atoms with Gasteiger partial charge in [-0.3, -0.25) is 5.84 Å². The summed E-state index contributed by atoms with van der Waals surface area (Å²) in [5, 5.41) is 0. The van der Waals surface area contributed by atoms with E-state index in [0.29, 0.717) is 0 Å². The van der Waals surface area contributed by atoms with Crippen molar-refractivity contribution in [3.63, 3.8) is 0 Å². The number of alkyl halides is 2. The number of hydrogen-bond acceptors (Lipinski definition) is 2. The quantitative estimate of drug-likeness (QED) is 0.534. The average molecular weight is 176 g/mol. The van der Waals surface area contributed by atoms with Crippen molar-refractivity contribution in [1.82, 2.24) is 0 Å². The second kappa shape index (κ2) is 3.44. The zero-order valence-electron chi connectivity index (χ0n) is 6.02. The monoisotopic (exact) mass is 176 g/mol. The molecular formula is C7H7F3N2. The van der Waals surface area contributed by atoms with Gasteiger partial charge in [-0.25, -0.2) is 13.2 Å². The summed E-state index contributed by atoms with van der Waals surface area (Å²) in [5.74, 6) is 4.30. The molecule has 0 heterocycles. The molecule has 1 rings (SSSR count). The molecule has 0 amide bonds. The van der Waals surface area contributed by atoms with Crippen LogP contribution in [-0.2, 0) is 0 Å². The molecule has 2 nitrogen and oxygen atoms in total. The molecule has 0 bridgehead atoms. The average Bonchev–Trinajstić information content (AvgIpc) is 2.03. The molecular weight excluding hydrogens is 169 g/mol. The number of nitrogen functional groups attached to an aromatic ring is 1. The second-order valence-electron chi connectivity index (χ2n) is 2.18. The Morgan fingerprint density at radius 2 is 2.00 bits per heavy atom. The van der Waals surface area contributed by atoms with Gasteiger partial charge >= 0.3 is 0 Å². The maximum atomic E-state index is 12.5. The van der Waals surface area contributed by atoms with E-state index in [1.165, 1.54) is 0 Å². The van der Waals surface area contributed by atoms with Gasteiger partial charge < -0.3 is 5.43 Å². The fourth-order valence-electron chi connectivity index (χ4n) is 0.844. The molecule has 0 aliphatic rings. The summed E-state index contributed by atoms with van der Waals surface area (Å²) in [6.45, 7) is 0. The minimum Gasteiger partial charge on any atom is -0.324 e. The minimum atomic E-state index is -2.66. The Bertz CT molecular complexity index is 275. The molecule has 1 aromatic rings. The molecule has 0 fully saturated rings. The second-order valence-corrected chi connectivity index (χ2v) is 2.18. The van der Waals surface area contributed by atoms with E-state index in [0.717, 1.165) is 18.2 Å². The van der Waals surface area contributed by atoms with Crippen molar-refractivity contribution in [3.8, 4) is 0 Å². The lowest BCUT2D eigenvalue weighted by Gasteiger charge is -2.06. The van der Waals surface area contributed by atoms with Crippen molar-refractivity contribution in [2.75, 3.05) is 5.43 Å². The van der Waals surface area contributed by atoms with Gasteiger partial charge in [-0.2, -0.15) is 0 Å². The van der Waals surface area contributed by atoms with E-state index in [1.54, 1.807) is 0 Å². The van der Waals surface area contributed by atoms with Crippen LogP contribution in [0.2, 0.25) is 0 Å². The molecule has 1 aromatic carbocycles. The number of benzene rings is 1. The molecule has 0 unspecified atom stereocenters. The van der Waals surface area contributed by atoms with Gasteiger partial charge in [-0.15, -0.1) is 0 Å². The Labute approximate surface area is 67.2 Å². The fourth-order valence-corrected chi connectivity index (χ4v) is 0.844. The summed E-state index contributed by atoms with van der Waals surface area (Å²) in [6, 6.07) is 2.87. The van der Waals surface area contributed by atoms with E-state index in [-0.39, 0.29) is 11.3 Å². The SMILES string of the molecule is NNc1cc(F)ccc1C(F)F. The van der Waals surface area contributed by atoms with Crippen LogP contribution in [0.1, 0.15) is 12.0 Å². The molecule has 0 aliphatic carbocycles. The standard InChI is InChI=1S/C7H7F3N2/c8-4-1-2-5(7(9)10)6(3-4)12-11/h1-3,7,12H,11H2. The molecule has 5 heteroatoms. The third-order valence-corrected chi connectivity index (χ3v) is 1.41. The first-order chi connectivity index (χ1) is 5.65. The van der Waals surface area contributed by atoms with Crippen molar-refractivity contribution in [2.24, 2.45) is 5.84 Å². The number of halogens is 3. The summed E-state index contributed by atoms with van der Waals surface area (Å²) < 4.78 is 36.7. The van der Waals surface area contributed by atoms with Crippen LogP contribution < -0.4 is 11.3 Å². The van der Waals surface area contributed by atoms with Gasteiger partial charge in [-0.1, -0.05) is 0 Å². The number of anilines is 1. The number of nitrogens with two attached hydrogens (primary N) is 1. The van der Waals surface area contributed by atoms with Gasteiger partial charge in [0.15, 0.2) is 0 Å². The Morgan fingerprint density at radius 3 is 2.50 bits per heavy atom. The Kier molecular flexibility index (Phi) is 2.54. The van der Waals surface area contributed by atoms with Crippen LogP contribution in [-0.4, -0.2) is 0 Å². The predicted octanol–water partition coefficient (Wildman–Crippen LogP) is 2.05. The Hall–Kier alpha value is -1.23. The first kappa shape index (κ1) is 8.86. The van der Waals surface area contributed by atoms with Crippen molar-refractivity contribution in [3.05, 3.63) is 29.6 Å². The van der Waals surface area contributed by atoms with E-state index in [2.05, 4.69) is 0 Å². The molecule has 0 spiro atoms. The van der Waals surface area contributed by atoms with Crippen molar-refractivity contribution in [2.45, 2.75) is 6.43 Å². The highest BCUT2D eigenvalue weighted by Crippen LogP contribution is 2.26. The van der Waals surface area contributed by atoms with Gasteiger partial charge in [0, 0.05) is 5.56 Å². The topological polar surface area (TPSA) is 38.0 Å². The Balaban J connectivity index is 3.11. The van der Waals surface area contributed by atoms with Crippen molar-refractivity contribution < 1.29 is 13.2 Å². The lowest BCUT2D eigenvalue weighted by Crippen LogP contribution is -2.09. The van der Waals surface area contributed by atoms with E-state index < -0.39 is 12.2 Å². The first-order valence-corrected chi connectivity index (χ1v) is 3.19. The van der Waals surface area contributed by atoms with Crippen molar-refractivity contribution in [1.29, 1.82) is 0 Å². The minimum absolute atomic E-state index is 0.0926. The van der Waals surface area contributed by atoms with Crippen LogP contribution in [0.25, 0.3) is 0 Å². The predicted molar refractivity (Wildman–Crippen MR) is 39.2 cm³/mol. The molecule has 0 saturated heterocycles. The molecule has 0 aromatic heterocycles. The van der Waals surface area contributed by atoms with Crippen LogP contribution in [0, 0.1) is 5.82 Å². The maximum absolute atomic E-state index is 12.5. The molecule has 3 N–H and O–H groups in total. The Morgan fingerprint density at radius 1 is 1.33 bits per heavy atom. The lowest BCUT2D eigenvalue weighted by molar-refractivity contribution is 0.152. The highest BCUT2D eigenvalue weighted by Gasteiger charge is 2.12. The molecule has 0 atom stereocenters. The number of rotatable bonds is 2. The zero-order valence-corrected chi connectivity index (χ0v) is 6.02. The summed E-state index contributed by atoms with van der Waals surface area (Å²) in [5.41, 5.74) is 1.60. The zero-order chi connectivity index (χ0) is 9.14. The molecule has 12 heavy (non-hydrogen) atoms. The summed E-state index contributed by atoms with van der Waals surface area (Å²) >= 11 is 0. The summed E-state index contributed by atoms with van der Waals surface area (Å²) in [6.07, 6.45) is -2.66. The highest BCUT2D eigenvalue weighted by molar-refractivity contribution is 5.50. The normalized spacial score (nSPS) is 10.4. The smallest absolute Gasteiger partial charge is 0.265 e. The van der Waals surface area contributed by atoms with Crippen LogP contribution in [0.15, 0.2) is 18.2 Å². The van der Waals surface area contributed by atoms with Crippen LogP contribution in [0.3, 0.4) is 0 Å². The van der Waals surface area contributed by atoms with Crippen LogP contribution >= 0.6 is 0 Å². The van der Waals surface area contributed by atoms with E-state index in [1.807, 2.05) is 5.43 Å². The van der Waals surface area contributed by atoms with Gasteiger partial charge in [0.1, 0.15) is 5.82 Å². The summed E-state index contributed by atoms with van der Waals surface area (Å²) in [7, 11) is 0. The third-order valence-electron chi connectivity index (χ3n) is 1.41. The molecule has 66 valence electrons. The van der Waals surface area contributed by atoms with E-state index in [9.17, 15) is 13.2 Å². The van der Waals surface area contributed by atoms with E-state index in [4.69, 9.17) is 5.84 Å².